The quantitative estimate of drug-likeness (QED) is 0.355. The maximum atomic E-state index is 13.5. The molecule has 0 aliphatic carbocycles. The summed E-state index contributed by atoms with van der Waals surface area (Å²) < 4.78 is 0. The Bertz CT molecular complexity index is 1260. The minimum absolute atomic E-state index is 0.0923. The van der Waals surface area contributed by atoms with Crippen molar-refractivity contribution in [1.29, 1.82) is 0 Å². The van der Waals surface area contributed by atoms with Gasteiger partial charge in [0.15, 0.2) is 0 Å². The van der Waals surface area contributed by atoms with Crippen molar-refractivity contribution in [2.24, 2.45) is 0 Å². The molecule has 1 heterocycles. The van der Waals surface area contributed by atoms with Crippen LogP contribution in [-0.4, -0.2) is 16.7 Å². The molecule has 0 spiro atoms. The largest absolute Gasteiger partial charge is 0.350 e. The molecule has 7 nitrogen and oxygen atoms in total. The number of rotatable bonds is 5. The lowest BCUT2D eigenvalue weighted by atomic mass is 10.0. The van der Waals surface area contributed by atoms with Crippen LogP contribution in [0, 0.1) is 30.9 Å². The summed E-state index contributed by atoms with van der Waals surface area (Å²) in [6, 6.07) is 18.6. The summed E-state index contributed by atoms with van der Waals surface area (Å²) in [6.07, 6.45) is 0. The van der Waals surface area contributed by atoms with Crippen molar-refractivity contribution in [3.05, 3.63) is 105 Å². The lowest BCUT2D eigenvalue weighted by molar-refractivity contribution is -0.384. The van der Waals surface area contributed by atoms with E-state index in [-0.39, 0.29) is 17.0 Å². The van der Waals surface area contributed by atoms with Gasteiger partial charge in [0, 0.05) is 17.8 Å². The Labute approximate surface area is 185 Å². The summed E-state index contributed by atoms with van der Waals surface area (Å²) in [5.74, 6) is -0.961. The van der Waals surface area contributed by atoms with E-state index >= 15 is 0 Å². The molecule has 2 amide bonds. The number of benzene rings is 3. The van der Waals surface area contributed by atoms with Crippen LogP contribution in [0.5, 0.6) is 0 Å². The van der Waals surface area contributed by atoms with Gasteiger partial charge in [-0.25, -0.2) is 4.90 Å². The summed E-state index contributed by atoms with van der Waals surface area (Å²) in [5.41, 5.74) is 4.70. The molecule has 7 heteroatoms. The number of carbonyl (C=O) groups excluding carboxylic acids is 2. The average molecular weight is 427 g/mol. The monoisotopic (exact) mass is 427 g/mol. The molecule has 0 radical (unpaired) electrons. The topological polar surface area (TPSA) is 92.6 Å². The van der Waals surface area contributed by atoms with Crippen LogP contribution in [0.15, 0.2) is 72.4 Å². The van der Waals surface area contributed by atoms with Gasteiger partial charge in [-0.05, 0) is 73.9 Å². The van der Waals surface area contributed by atoms with Gasteiger partial charge in [0.25, 0.3) is 17.5 Å². The minimum Gasteiger partial charge on any atom is -0.350 e. The standard InChI is InChI=1S/C25H21N3O4/c1-15-4-8-19(9-5-15)26-23-22(18-6-10-20(11-7-18)28(31)32)24(29)27(25(23)30)21-13-16(2)12-17(3)14-21/h4-14,26H,1-3H3. The Morgan fingerprint density at radius 1 is 0.781 bits per heavy atom. The van der Waals surface area contributed by atoms with E-state index in [0.29, 0.717) is 16.9 Å². The number of imide groups is 1. The number of hydrogen-bond acceptors (Lipinski definition) is 5. The van der Waals surface area contributed by atoms with Crippen molar-refractivity contribution < 1.29 is 14.5 Å². The van der Waals surface area contributed by atoms with E-state index in [1.807, 2.05) is 51.1 Å². The fraction of sp³-hybridized carbons (Fsp3) is 0.120. The second-order valence-electron chi connectivity index (χ2n) is 7.84. The highest BCUT2D eigenvalue weighted by Gasteiger charge is 2.40. The average Bonchev–Trinajstić information content (AvgIpc) is 2.98. The first kappa shape index (κ1) is 21.0. The number of non-ortho nitro benzene ring substituents is 1. The van der Waals surface area contributed by atoms with Crippen LogP contribution in [0.2, 0.25) is 0 Å². The van der Waals surface area contributed by atoms with Gasteiger partial charge in [-0.3, -0.25) is 19.7 Å². The highest BCUT2D eigenvalue weighted by Crippen LogP contribution is 2.35. The fourth-order valence-electron chi connectivity index (χ4n) is 3.76. The second-order valence-corrected chi connectivity index (χ2v) is 7.84. The van der Waals surface area contributed by atoms with E-state index < -0.39 is 16.7 Å². The molecule has 3 aromatic rings. The van der Waals surface area contributed by atoms with Crippen molar-refractivity contribution in [2.75, 3.05) is 10.2 Å². The van der Waals surface area contributed by atoms with Crippen molar-refractivity contribution in [1.82, 2.24) is 0 Å². The lowest BCUT2D eigenvalue weighted by Crippen LogP contribution is -2.32. The smallest absolute Gasteiger partial charge is 0.282 e. The molecule has 3 aromatic carbocycles. The normalized spacial score (nSPS) is 13.7. The fourth-order valence-corrected chi connectivity index (χ4v) is 3.76. The van der Waals surface area contributed by atoms with Crippen LogP contribution in [-0.2, 0) is 9.59 Å². The summed E-state index contributed by atoms with van der Waals surface area (Å²) in [5, 5.41) is 14.1. The van der Waals surface area contributed by atoms with Crippen molar-refractivity contribution >= 4 is 34.4 Å². The Morgan fingerprint density at radius 3 is 1.94 bits per heavy atom. The molecule has 0 fully saturated rings. The third kappa shape index (κ3) is 3.88. The molecule has 0 saturated heterocycles. The molecule has 1 N–H and O–H groups in total. The molecule has 1 aliphatic rings. The van der Waals surface area contributed by atoms with Gasteiger partial charge in [-0.2, -0.15) is 0 Å². The van der Waals surface area contributed by atoms with E-state index in [2.05, 4.69) is 5.32 Å². The maximum Gasteiger partial charge on any atom is 0.282 e. The Kier molecular flexibility index (Phi) is 5.32. The predicted molar refractivity (Wildman–Crippen MR) is 123 cm³/mol. The number of aryl methyl sites for hydroxylation is 3. The van der Waals surface area contributed by atoms with Gasteiger partial charge in [0.05, 0.1) is 16.2 Å². The third-order valence-corrected chi connectivity index (χ3v) is 5.24. The highest BCUT2D eigenvalue weighted by atomic mass is 16.6. The Morgan fingerprint density at radius 2 is 1.38 bits per heavy atom. The molecule has 0 unspecified atom stereocenters. The van der Waals surface area contributed by atoms with Crippen molar-refractivity contribution in [3.63, 3.8) is 0 Å². The van der Waals surface area contributed by atoms with E-state index in [9.17, 15) is 19.7 Å². The molecule has 1 aliphatic heterocycles. The molecule has 32 heavy (non-hydrogen) atoms. The molecule has 0 bridgehead atoms. The molecule has 4 rings (SSSR count). The first-order valence-electron chi connectivity index (χ1n) is 10.0. The summed E-state index contributed by atoms with van der Waals surface area (Å²) in [7, 11) is 0. The van der Waals surface area contributed by atoms with Gasteiger partial charge in [0.2, 0.25) is 0 Å². The Hall–Kier alpha value is -4.26. The van der Waals surface area contributed by atoms with Crippen LogP contribution in [0.1, 0.15) is 22.3 Å². The SMILES string of the molecule is Cc1ccc(NC2=C(c3ccc([N+](=O)[O-])cc3)C(=O)N(c3cc(C)cc(C)c3)C2=O)cc1. The van der Waals surface area contributed by atoms with E-state index in [0.717, 1.165) is 21.6 Å². The van der Waals surface area contributed by atoms with Crippen molar-refractivity contribution in [2.45, 2.75) is 20.8 Å². The number of nitrogens with zero attached hydrogens (tertiary/aromatic N) is 2. The zero-order valence-corrected chi connectivity index (χ0v) is 17.9. The maximum absolute atomic E-state index is 13.5. The number of amides is 2. The lowest BCUT2D eigenvalue weighted by Gasteiger charge is -2.17. The molecular formula is C25H21N3O4. The summed E-state index contributed by atoms with van der Waals surface area (Å²) >= 11 is 0. The van der Waals surface area contributed by atoms with E-state index in [1.165, 1.54) is 24.3 Å². The van der Waals surface area contributed by atoms with Gasteiger partial charge in [-0.15, -0.1) is 0 Å². The van der Waals surface area contributed by atoms with Gasteiger partial charge in [0.1, 0.15) is 5.70 Å². The highest BCUT2D eigenvalue weighted by molar-refractivity contribution is 6.46. The number of nitrogens with one attached hydrogen (secondary N) is 1. The number of nitro groups is 1. The third-order valence-electron chi connectivity index (χ3n) is 5.24. The second kappa shape index (κ2) is 8.11. The number of nitro benzene ring substituents is 1. The van der Waals surface area contributed by atoms with Crippen LogP contribution in [0.25, 0.3) is 5.57 Å². The first-order valence-corrected chi connectivity index (χ1v) is 10.0. The van der Waals surface area contributed by atoms with Gasteiger partial charge >= 0.3 is 0 Å². The molecular weight excluding hydrogens is 406 g/mol. The number of carbonyl (C=O) groups is 2. The first-order chi connectivity index (χ1) is 15.2. The van der Waals surface area contributed by atoms with E-state index in [1.54, 1.807) is 12.1 Å². The summed E-state index contributed by atoms with van der Waals surface area (Å²) in [6.45, 7) is 5.76. The zero-order chi connectivity index (χ0) is 23.0. The van der Waals surface area contributed by atoms with Crippen LogP contribution in [0.3, 0.4) is 0 Å². The van der Waals surface area contributed by atoms with E-state index in [4.69, 9.17) is 0 Å². The molecule has 0 saturated carbocycles. The number of hydrogen-bond donors (Lipinski definition) is 1. The van der Waals surface area contributed by atoms with Crippen LogP contribution < -0.4 is 10.2 Å². The minimum atomic E-state index is -0.507. The summed E-state index contributed by atoms with van der Waals surface area (Å²) in [4.78, 5) is 38.6. The predicted octanol–water partition coefficient (Wildman–Crippen LogP) is 4.92. The zero-order valence-electron chi connectivity index (χ0n) is 17.9. The number of anilines is 2. The van der Waals surface area contributed by atoms with Crippen LogP contribution >= 0.6 is 0 Å². The molecule has 0 atom stereocenters. The van der Waals surface area contributed by atoms with Crippen LogP contribution in [0.4, 0.5) is 17.1 Å². The Balaban J connectivity index is 1.83. The molecule has 160 valence electrons. The van der Waals surface area contributed by atoms with Gasteiger partial charge in [-0.1, -0.05) is 23.8 Å². The van der Waals surface area contributed by atoms with Crippen molar-refractivity contribution in [3.8, 4) is 0 Å². The molecule has 0 aromatic heterocycles. The van der Waals surface area contributed by atoms with Gasteiger partial charge < -0.3 is 5.32 Å².